The van der Waals surface area contributed by atoms with E-state index < -0.39 is 0 Å². The number of allylic oxidation sites excluding steroid dienone is 14. The van der Waals surface area contributed by atoms with E-state index in [1.54, 1.807) is 12.2 Å². The number of carbonyl (C=O) groups is 2. The molecule has 0 heterocycles. The first kappa shape index (κ1) is 31.7. The van der Waals surface area contributed by atoms with Crippen molar-refractivity contribution >= 4 is 12.6 Å². The van der Waals surface area contributed by atoms with Crippen LogP contribution < -0.4 is 0 Å². The molecule has 0 radical (unpaired) electrons. The van der Waals surface area contributed by atoms with Gasteiger partial charge in [0.1, 0.15) is 12.6 Å². The molecule has 0 aliphatic rings. The van der Waals surface area contributed by atoms with E-state index in [1.165, 1.54) is 22.3 Å². The highest BCUT2D eigenvalue weighted by Gasteiger charge is 1.91. The Hall–Kier alpha value is -2.48. The molecule has 0 spiro atoms. The Morgan fingerprint density at radius 3 is 1.44 bits per heavy atom. The Kier molecular flexibility index (Phi) is 21.5. The molecule has 178 valence electrons. The molecule has 0 rings (SSSR count). The van der Waals surface area contributed by atoms with Crippen LogP contribution in [0.15, 0.2) is 82.0 Å². The molecule has 0 amide bonds. The monoisotopic (exact) mass is 438 g/mol. The summed E-state index contributed by atoms with van der Waals surface area (Å²) in [5, 5.41) is 0. The lowest BCUT2D eigenvalue weighted by Gasteiger charge is -2.00. The Labute approximate surface area is 198 Å². The molecule has 2 heteroatoms. The summed E-state index contributed by atoms with van der Waals surface area (Å²) in [7, 11) is 0. The molecule has 0 bridgehead atoms. The highest BCUT2D eigenvalue weighted by atomic mass is 16.1. The molecular weight excluding hydrogens is 392 g/mol. The summed E-state index contributed by atoms with van der Waals surface area (Å²) in [6, 6.07) is 0. The number of carbonyl (C=O) groups excluding carboxylic acids is 2. The van der Waals surface area contributed by atoms with Crippen molar-refractivity contribution in [2.75, 3.05) is 0 Å². The van der Waals surface area contributed by atoms with E-state index >= 15 is 0 Å². The average Bonchev–Trinajstić information content (AvgIpc) is 2.68. The Bertz CT molecular complexity index is 742. The van der Waals surface area contributed by atoms with Crippen molar-refractivity contribution in [3.8, 4) is 0 Å². The molecule has 0 saturated heterocycles. The summed E-state index contributed by atoms with van der Waals surface area (Å²) in [5.41, 5.74) is 7.68. The van der Waals surface area contributed by atoms with Crippen molar-refractivity contribution in [2.24, 2.45) is 0 Å². The van der Waals surface area contributed by atoms with Crippen molar-refractivity contribution in [1.29, 1.82) is 0 Å². The smallest absolute Gasteiger partial charge is 0.143 e. The number of hydrogen-bond donors (Lipinski definition) is 0. The van der Waals surface area contributed by atoms with Gasteiger partial charge in [0, 0.05) is 0 Å². The topological polar surface area (TPSA) is 34.1 Å². The summed E-state index contributed by atoms with van der Waals surface area (Å²) in [4.78, 5) is 20.4. The lowest BCUT2D eigenvalue weighted by molar-refractivity contribution is -0.104. The zero-order valence-corrected chi connectivity index (χ0v) is 21.8. The van der Waals surface area contributed by atoms with E-state index in [1.807, 2.05) is 26.0 Å². The molecule has 0 unspecified atom stereocenters. The predicted octanol–water partition coefficient (Wildman–Crippen LogP) is 8.99. The van der Waals surface area contributed by atoms with Gasteiger partial charge in [-0.25, -0.2) is 0 Å². The number of rotatable bonds is 13. The fourth-order valence-electron chi connectivity index (χ4n) is 2.64. The van der Waals surface area contributed by atoms with Gasteiger partial charge in [-0.15, -0.1) is 0 Å². The van der Waals surface area contributed by atoms with Gasteiger partial charge in [0.2, 0.25) is 0 Å². The fraction of sp³-hybridized carbons (Fsp3) is 0.467. The lowest BCUT2D eigenvalue weighted by Crippen LogP contribution is -1.81. The predicted molar refractivity (Wildman–Crippen MR) is 143 cm³/mol. The maximum absolute atomic E-state index is 10.2. The fourth-order valence-corrected chi connectivity index (χ4v) is 2.64. The Morgan fingerprint density at radius 2 is 0.969 bits per heavy atom. The third kappa shape index (κ3) is 25.6. The quantitative estimate of drug-likeness (QED) is 0.124. The third-order valence-electron chi connectivity index (χ3n) is 4.64. The van der Waals surface area contributed by atoms with Crippen LogP contribution in [0.5, 0.6) is 0 Å². The molecular formula is C30H46O2. The molecule has 0 aliphatic heterocycles. The first-order chi connectivity index (χ1) is 15.1. The van der Waals surface area contributed by atoms with Crippen LogP contribution in [0, 0.1) is 0 Å². The number of hydrogen-bond acceptors (Lipinski definition) is 2. The van der Waals surface area contributed by atoms with Gasteiger partial charge in [-0.3, -0.25) is 9.59 Å². The van der Waals surface area contributed by atoms with Gasteiger partial charge in [0.25, 0.3) is 0 Å². The van der Waals surface area contributed by atoms with Crippen LogP contribution in [0.2, 0.25) is 0 Å². The molecule has 0 aromatic carbocycles. The second-order valence-electron chi connectivity index (χ2n) is 8.80. The normalized spacial score (nSPS) is 12.8. The standard InChI is InChI=1S/C15H24O.C15H22O/c2*1-13(2)7-5-8-14(3)9-6-10-15(4)11-12-16/h7,9,11-12H,5-6,8,10H2,1-4H3;6-7,9-12H,5,8H2,1-4H3/b14-9+,15-11+;10-6+,14-9+,15-11+. The minimum absolute atomic E-state index is 0.811. The molecule has 0 aromatic heterocycles. The minimum Gasteiger partial charge on any atom is -0.299 e. The second-order valence-corrected chi connectivity index (χ2v) is 8.80. The summed E-state index contributed by atoms with van der Waals surface area (Å²) < 4.78 is 0. The largest absolute Gasteiger partial charge is 0.299 e. The maximum atomic E-state index is 10.2. The molecule has 0 aliphatic carbocycles. The summed E-state index contributed by atoms with van der Waals surface area (Å²) in [6.45, 7) is 16.7. The van der Waals surface area contributed by atoms with E-state index in [0.29, 0.717) is 0 Å². The van der Waals surface area contributed by atoms with E-state index in [9.17, 15) is 9.59 Å². The molecule has 0 aromatic rings. The van der Waals surface area contributed by atoms with Crippen molar-refractivity contribution in [3.05, 3.63) is 82.0 Å². The van der Waals surface area contributed by atoms with Gasteiger partial charge in [0.05, 0.1) is 0 Å². The third-order valence-corrected chi connectivity index (χ3v) is 4.64. The Morgan fingerprint density at radius 1 is 0.531 bits per heavy atom. The summed E-state index contributed by atoms with van der Waals surface area (Å²) >= 11 is 0. The molecule has 0 atom stereocenters. The van der Waals surface area contributed by atoms with Crippen LogP contribution in [0.1, 0.15) is 93.9 Å². The van der Waals surface area contributed by atoms with E-state index in [2.05, 4.69) is 65.8 Å². The van der Waals surface area contributed by atoms with Gasteiger partial charge in [-0.1, -0.05) is 64.3 Å². The molecule has 32 heavy (non-hydrogen) atoms. The zero-order chi connectivity index (χ0) is 24.8. The van der Waals surface area contributed by atoms with Crippen molar-refractivity contribution < 1.29 is 9.59 Å². The first-order valence-electron chi connectivity index (χ1n) is 11.6. The van der Waals surface area contributed by atoms with Gasteiger partial charge < -0.3 is 0 Å². The first-order valence-corrected chi connectivity index (χ1v) is 11.6. The van der Waals surface area contributed by atoms with Crippen molar-refractivity contribution in [1.82, 2.24) is 0 Å². The van der Waals surface area contributed by atoms with Crippen LogP contribution in [-0.2, 0) is 9.59 Å². The van der Waals surface area contributed by atoms with Crippen molar-refractivity contribution in [3.63, 3.8) is 0 Å². The SMILES string of the molecule is CC(C)=CCC/C(C)=C/C=C/C(C)=C/C=O.CC(C)=CCC/C(C)=C/CC/C(C)=C/C=O. The van der Waals surface area contributed by atoms with E-state index in [4.69, 9.17) is 0 Å². The van der Waals surface area contributed by atoms with Crippen LogP contribution in [0.3, 0.4) is 0 Å². The summed E-state index contributed by atoms with van der Waals surface area (Å²) in [6.07, 6.45) is 24.2. The molecule has 0 saturated carbocycles. The maximum Gasteiger partial charge on any atom is 0.143 e. The van der Waals surface area contributed by atoms with Gasteiger partial charge >= 0.3 is 0 Å². The van der Waals surface area contributed by atoms with Crippen molar-refractivity contribution in [2.45, 2.75) is 93.9 Å². The highest BCUT2D eigenvalue weighted by Crippen LogP contribution is 2.11. The van der Waals surface area contributed by atoms with Gasteiger partial charge in [0.15, 0.2) is 0 Å². The van der Waals surface area contributed by atoms with Crippen LogP contribution in [0.4, 0.5) is 0 Å². The lowest BCUT2D eigenvalue weighted by atomic mass is 10.1. The van der Waals surface area contributed by atoms with Gasteiger partial charge in [-0.2, -0.15) is 0 Å². The molecule has 0 N–H and O–H groups in total. The number of aldehydes is 2. The van der Waals surface area contributed by atoms with E-state index in [0.717, 1.165) is 62.2 Å². The van der Waals surface area contributed by atoms with E-state index in [-0.39, 0.29) is 0 Å². The highest BCUT2D eigenvalue weighted by molar-refractivity contribution is 5.67. The minimum atomic E-state index is 0.811. The van der Waals surface area contributed by atoms with Gasteiger partial charge in [-0.05, 0) is 112 Å². The molecule has 0 fully saturated rings. The second kappa shape index (κ2) is 21.7. The van der Waals surface area contributed by atoms with Crippen LogP contribution >= 0.6 is 0 Å². The van der Waals surface area contributed by atoms with Crippen LogP contribution in [0.25, 0.3) is 0 Å². The Balaban J connectivity index is 0. The zero-order valence-electron chi connectivity index (χ0n) is 21.8. The average molecular weight is 439 g/mol. The molecule has 2 nitrogen and oxygen atoms in total. The summed E-state index contributed by atoms with van der Waals surface area (Å²) in [5.74, 6) is 0. The van der Waals surface area contributed by atoms with Crippen LogP contribution in [-0.4, -0.2) is 12.6 Å².